The van der Waals surface area contributed by atoms with Crippen LogP contribution in [0.3, 0.4) is 0 Å². The molecule has 4 heteroatoms. The molecule has 1 unspecified atom stereocenters. The Hall–Kier alpha value is -1.65. The highest BCUT2D eigenvalue weighted by atomic mass is 16.6. The van der Waals surface area contributed by atoms with E-state index in [1.54, 1.807) is 0 Å². The van der Waals surface area contributed by atoms with E-state index in [4.69, 9.17) is 9.47 Å². The quantitative estimate of drug-likeness (QED) is 0.0377. The molecule has 0 aromatic rings. The molecule has 0 heterocycles. The van der Waals surface area contributed by atoms with Gasteiger partial charge in [0.05, 0.1) is 13.2 Å². The summed E-state index contributed by atoms with van der Waals surface area (Å²) in [6.07, 6.45) is 69.3. The summed E-state index contributed by atoms with van der Waals surface area (Å²) in [7, 11) is 0. The summed E-state index contributed by atoms with van der Waals surface area (Å²) in [5.41, 5.74) is 0. The summed E-state index contributed by atoms with van der Waals surface area (Å²) >= 11 is 0. The van der Waals surface area contributed by atoms with E-state index in [1.807, 2.05) is 0 Å². The molecule has 346 valence electrons. The molecule has 59 heavy (non-hydrogen) atoms. The lowest BCUT2D eigenvalue weighted by molar-refractivity contribution is -0.154. The molecule has 0 bridgehead atoms. The van der Waals surface area contributed by atoms with E-state index in [0.29, 0.717) is 19.6 Å². The monoisotopic (exact) mass is 827 g/mol. The summed E-state index contributed by atoms with van der Waals surface area (Å²) in [6.45, 7) is 5.27. The zero-order chi connectivity index (χ0) is 42.6. The average molecular weight is 827 g/mol. The Morgan fingerprint density at radius 3 is 1.15 bits per heavy atom. The molecule has 4 nitrogen and oxygen atoms in total. The lowest BCUT2D eigenvalue weighted by atomic mass is 10.0. The van der Waals surface area contributed by atoms with Gasteiger partial charge in [0.1, 0.15) is 6.10 Å². The third-order valence-electron chi connectivity index (χ3n) is 11.7. The smallest absolute Gasteiger partial charge is 0.306 e. The van der Waals surface area contributed by atoms with E-state index < -0.39 is 6.10 Å². The second-order valence-corrected chi connectivity index (χ2v) is 17.6. The van der Waals surface area contributed by atoms with Gasteiger partial charge in [-0.25, -0.2) is 0 Å². The topological polar surface area (TPSA) is 55.8 Å². The van der Waals surface area contributed by atoms with E-state index in [9.17, 15) is 9.90 Å². The number of allylic oxidation sites excluding steroid dienone is 8. The highest BCUT2D eigenvalue weighted by Crippen LogP contribution is 2.17. The van der Waals surface area contributed by atoms with Crippen LogP contribution in [0.2, 0.25) is 0 Å². The third-order valence-corrected chi connectivity index (χ3v) is 11.7. The molecule has 0 fully saturated rings. The summed E-state index contributed by atoms with van der Waals surface area (Å²) < 4.78 is 11.2. The zero-order valence-electron chi connectivity index (χ0n) is 39.8. The van der Waals surface area contributed by atoms with E-state index in [-0.39, 0.29) is 12.6 Å². The van der Waals surface area contributed by atoms with E-state index in [1.165, 1.54) is 205 Å². The van der Waals surface area contributed by atoms with Crippen molar-refractivity contribution in [3.05, 3.63) is 48.6 Å². The molecular formula is C55H102O4. The van der Waals surface area contributed by atoms with Crippen LogP contribution in [-0.4, -0.2) is 37.0 Å². The Bertz CT molecular complexity index is 920. The molecule has 0 rings (SSSR count). The predicted octanol–water partition coefficient (Wildman–Crippen LogP) is 17.8. The molecule has 0 amide bonds. The molecule has 0 radical (unpaired) electrons. The van der Waals surface area contributed by atoms with Gasteiger partial charge in [-0.3, -0.25) is 4.79 Å². The Kier molecular flexibility index (Phi) is 51.0. The lowest BCUT2D eigenvalue weighted by Gasteiger charge is -2.16. The van der Waals surface area contributed by atoms with Crippen molar-refractivity contribution in [1.82, 2.24) is 0 Å². The Morgan fingerprint density at radius 1 is 0.424 bits per heavy atom. The minimum Gasteiger partial charge on any atom is -0.457 e. The third kappa shape index (κ3) is 50.6. The maximum atomic E-state index is 12.3. The number of ether oxygens (including phenoxy) is 2. The normalized spacial score (nSPS) is 12.7. The minimum absolute atomic E-state index is 0.169. The second kappa shape index (κ2) is 52.5. The molecule has 1 N–H and O–H groups in total. The van der Waals surface area contributed by atoms with Crippen LogP contribution in [0, 0.1) is 0 Å². The van der Waals surface area contributed by atoms with Crippen LogP contribution in [0.5, 0.6) is 0 Å². The highest BCUT2D eigenvalue weighted by molar-refractivity contribution is 5.69. The van der Waals surface area contributed by atoms with Crippen molar-refractivity contribution >= 4 is 5.97 Å². The largest absolute Gasteiger partial charge is 0.457 e. The Labute approximate surface area is 369 Å². The molecule has 0 saturated carbocycles. The molecule has 1 atom stereocenters. The molecule has 0 aromatic heterocycles. The van der Waals surface area contributed by atoms with Gasteiger partial charge >= 0.3 is 5.97 Å². The van der Waals surface area contributed by atoms with Crippen LogP contribution < -0.4 is 0 Å². The van der Waals surface area contributed by atoms with Crippen LogP contribution in [0.25, 0.3) is 0 Å². The van der Waals surface area contributed by atoms with Crippen molar-refractivity contribution in [2.45, 2.75) is 277 Å². The van der Waals surface area contributed by atoms with Crippen LogP contribution in [0.1, 0.15) is 271 Å². The number of hydrogen-bond donors (Lipinski definition) is 1. The standard InChI is InChI=1S/C55H102O4/c1-3-5-7-9-11-13-15-17-19-21-23-25-26-27-28-29-31-33-35-37-39-41-43-45-47-49-51-58-53-54(52-56)59-55(57)50-48-46-44-42-40-38-36-34-32-30-24-22-20-18-16-14-12-10-8-6-4-2/h5,7,11,13,17,19,23,25,54,56H,3-4,6,8-10,12,14-16,18,20-22,24,26-53H2,1-2H3/b7-5-,13-11-,19-17-,25-23-. The molecule has 0 spiro atoms. The average Bonchev–Trinajstić information content (AvgIpc) is 3.24. The zero-order valence-corrected chi connectivity index (χ0v) is 39.8. The van der Waals surface area contributed by atoms with Crippen LogP contribution in [0.4, 0.5) is 0 Å². The van der Waals surface area contributed by atoms with Crippen molar-refractivity contribution in [2.75, 3.05) is 19.8 Å². The maximum absolute atomic E-state index is 12.3. The first-order valence-corrected chi connectivity index (χ1v) is 26.2. The fourth-order valence-corrected chi connectivity index (χ4v) is 7.79. The maximum Gasteiger partial charge on any atom is 0.306 e. The van der Waals surface area contributed by atoms with Gasteiger partial charge in [-0.05, 0) is 51.4 Å². The fraction of sp³-hybridized carbons (Fsp3) is 0.836. The molecule has 0 aliphatic rings. The van der Waals surface area contributed by atoms with Gasteiger partial charge in [-0.2, -0.15) is 0 Å². The van der Waals surface area contributed by atoms with E-state index in [0.717, 1.165) is 44.9 Å². The number of esters is 1. The van der Waals surface area contributed by atoms with Crippen LogP contribution >= 0.6 is 0 Å². The lowest BCUT2D eigenvalue weighted by Crippen LogP contribution is -2.27. The number of carbonyl (C=O) groups is 1. The van der Waals surface area contributed by atoms with Crippen molar-refractivity contribution < 1.29 is 19.4 Å². The number of carbonyl (C=O) groups excluding carboxylic acids is 1. The van der Waals surface area contributed by atoms with E-state index >= 15 is 0 Å². The first kappa shape index (κ1) is 57.3. The van der Waals surface area contributed by atoms with Crippen molar-refractivity contribution in [2.24, 2.45) is 0 Å². The van der Waals surface area contributed by atoms with Crippen LogP contribution in [-0.2, 0) is 14.3 Å². The summed E-state index contributed by atoms with van der Waals surface area (Å²) in [5.74, 6) is -0.195. The van der Waals surface area contributed by atoms with Crippen molar-refractivity contribution in [3.63, 3.8) is 0 Å². The molecule has 0 saturated heterocycles. The number of rotatable bonds is 49. The van der Waals surface area contributed by atoms with E-state index in [2.05, 4.69) is 62.5 Å². The summed E-state index contributed by atoms with van der Waals surface area (Å²) in [4.78, 5) is 12.3. The van der Waals surface area contributed by atoms with Gasteiger partial charge in [0.25, 0.3) is 0 Å². The Balaban J connectivity index is 3.37. The van der Waals surface area contributed by atoms with Gasteiger partial charge in [0, 0.05) is 13.0 Å². The number of hydrogen-bond acceptors (Lipinski definition) is 4. The van der Waals surface area contributed by atoms with Gasteiger partial charge < -0.3 is 14.6 Å². The SMILES string of the molecule is CC/C=C\C/C=C\C/C=C\C/C=C\CCCCCCCCCCCCCCCOCC(CO)OC(=O)CCCCCCCCCCCCCCCCCCCCCCC. The Morgan fingerprint density at radius 2 is 0.763 bits per heavy atom. The van der Waals surface area contributed by atoms with Crippen LogP contribution in [0.15, 0.2) is 48.6 Å². The number of aliphatic hydroxyl groups excluding tert-OH is 1. The number of aliphatic hydroxyl groups is 1. The van der Waals surface area contributed by atoms with Gasteiger partial charge in [-0.15, -0.1) is 0 Å². The first-order valence-electron chi connectivity index (χ1n) is 26.2. The highest BCUT2D eigenvalue weighted by Gasteiger charge is 2.13. The molecule has 0 aromatic carbocycles. The first-order chi connectivity index (χ1) is 29.2. The van der Waals surface area contributed by atoms with Crippen molar-refractivity contribution in [1.29, 1.82) is 0 Å². The summed E-state index contributed by atoms with van der Waals surface area (Å²) in [6, 6.07) is 0. The fourth-order valence-electron chi connectivity index (χ4n) is 7.79. The molecule has 0 aliphatic carbocycles. The minimum atomic E-state index is -0.534. The van der Waals surface area contributed by atoms with Gasteiger partial charge in [0.15, 0.2) is 0 Å². The predicted molar refractivity (Wildman–Crippen MR) is 260 cm³/mol. The van der Waals surface area contributed by atoms with Crippen molar-refractivity contribution in [3.8, 4) is 0 Å². The summed E-state index contributed by atoms with van der Waals surface area (Å²) in [5, 5.41) is 9.66. The van der Waals surface area contributed by atoms with Gasteiger partial charge in [0.2, 0.25) is 0 Å². The van der Waals surface area contributed by atoms with Gasteiger partial charge in [-0.1, -0.05) is 262 Å². The molecule has 0 aliphatic heterocycles. The number of unbranched alkanes of at least 4 members (excludes halogenated alkanes) is 33. The second-order valence-electron chi connectivity index (χ2n) is 17.6. The molecular weight excluding hydrogens is 725 g/mol.